The smallest absolute Gasteiger partial charge is 0.306 e. The molecule has 0 heterocycles. The van der Waals surface area contributed by atoms with Gasteiger partial charge in [0.1, 0.15) is 12.6 Å². The van der Waals surface area contributed by atoms with E-state index in [0.29, 0.717) is 12.8 Å². The lowest BCUT2D eigenvalue weighted by Crippen LogP contribution is -2.55. The average molecular weight is 740 g/mol. The van der Waals surface area contributed by atoms with Crippen LogP contribution in [0, 0.1) is 0 Å². The molecule has 53 heavy (non-hydrogen) atoms. The summed E-state index contributed by atoms with van der Waals surface area (Å²) in [6.07, 6.45) is 45.1. The van der Waals surface area contributed by atoms with Gasteiger partial charge in [-0.2, -0.15) is 0 Å². The normalized spacial score (nSPS) is 13.9. The fraction of sp³-hybridized carbons (Fsp3) is 0.622. The number of quaternary nitrogens is 1. The minimum atomic E-state index is -1.14. The molecule has 0 radical (unpaired) electrons. The first-order valence-electron chi connectivity index (χ1n) is 20.1. The van der Waals surface area contributed by atoms with Crippen molar-refractivity contribution in [2.24, 2.45) is 0 Å². The Balaban J connectivity index is 4.28. The maximum atomic E-state index is 12.5. The number of carbonyl (C=O) groups is 3. The van der Waals surface area contributed by atoms with Crippen LogP contribution in [-0.4, -0.2) is 75.5 Å². The molecule has 0 bridgehead atoms. The second-order valence-corrected chi connectivity index (χ2v) is 14.1. The number of likely N-dealkylation sites (N-methyl/N-ethyl adjacent to an activating group) is 1. The molecule has 8 nitrogen and oxygen atoms in total. The van der Waals surface area contributed by atoms with Gasteiger partial charge in [0.2, 0.25) is 0 Å². The molecule has 0 N–H and O–H groups in total. The first-order valence-corrected chi connectivity index (χ1v) is 20.1. The second-order valence-electron chi connectivity index (χ2n) is 14.1. The Bertz CT molecular complexity index is 1140. The van der Waals surface area contributed by atoms with Crippen molar-refractivity contribution in [1.82, 2.24) is 0 Å². The summed E-state index contributed by atoms with van der Waals surface area (Å²) in [6, 6.07) is -0.739. The molecule has 0 rings (SSSR count). The Morgan fingerprint density at radius 2 is 1.04 bits per heavy atom. The number of ether oxygens (including phenoxy) is 3. The number of unbranched alkanes of at least 4 members (excludes halogenated alkanes) is 6. The lowest BCUT2D eigenvalue weighted by atomic mass is 10.1. The third kappa shape index (κ3) is 34.1. The van der Waals surface area contributed by atoms with Crippen LogP contribution in [0.3, 0.4) is 0 Å². The quantitative estimate of drug-likeness (QED) is 0.0281. The van der Waals surface area contributed by atoms with Gasteiger partial charge < -0.3 is 28.6 Å². The van der Waals surface area contributed by atoms with Crippen molar-refractivity contribution in [2.75, 3.05) is 41.0 Å². The number of carboxylic acids is 1. The molecular formula is C45H73NO7. The largest absolute Gasteiger partial charge is 0.544 e. The van der Waals surface area contributed by atoms with E-state index >= 15 is 0 Å². The molecule has 8 heteroatoms. The molecule has 0 amide bonds. The van der Waals surface area contributed by atoms with Crippen LogP contribution in [0.25, 0.3) is 0 Å². The zero-order chi connectivity index (χ0) is 39.3. The summed E-state index contributed by atoms with van der Waals surface area (Å²) in [5.74, 6) is -1.86. The van der Waals surface area contributed by atoms with E-state index in [2.05, 4.69) is 86.8 Å². The molecular weight excluding hydrogens is 666 g/mol. The Labute approximate surface area is 323 Å². The predicted octanol–water partition coefficient (Wildman–Crippen LogP) is 9.24. The second kappa shape index (κ2) is 35.5. The van der Waals surface area contributed by atoms with Gasteiger partial charge in [0.15, 0.2) is 6.10 Å². The summed E-state index contributed by atoms with van der Waals surface area (Å²) < 4.78 is 16.9. The van der Waals surface area contributed by atoms with Gasteiger partial charge in [-0.05, 0) is 70.6 Å². The minimum absolute atomic E-state index is 0.00715. The third-order valence-corrected chi connectivity index (χ3v) is 8.29. The van der Waals surface area contributed by atoms with Crippen molar-refractivity contribution >= 4 is 17.9 Å². The fourth-order valence-electron chi connectivity index (χ4n) is 5.21. The van der Waals surface area contributed by atoms with Gasteiger partial charge in [-0.25, -0.2) is 0 Å². The highest BCUT2D eigenvalue weighted by Gasteiger charge is 2.25. The lowest BCUT2D eigenvalue weighted by molar-refractivity contribution is -0.889. The summed E-state index contributed by atoms with van der Waals surface area (Å²) in [4.78, 5) is 36.5. The maximum Gasteiger partial charge on any atom is 0.306 e. The molecule has 0 spiro atoms. The highest BCUT2D eigenvalue weighted by Crippen LogP contribution is 2.11. The molecule has 0 fully saturated rings. The molecule has 2 atom stereocenters. The standard InChI is InChI=1S/C45H73NO7/c1-6-8-10-12-14-15-16-17-18-19-20-21-22-23-24-25-26-27-28-30-31-33-35-43(47)52-40-41(39-51-38-37-42(45(49)50)46(3,4)5)53-44(48)36-34-32-29-13-11-9-7-2/h8-11,14-15,17-18,20-21,23-24,29,32,41-42H,6-7,12-13,16,19,22,25-28,30-31,33-40H2,1-5H3/b10-8+,11-9+,15-14+,18-17+,21-20+,24-23+,32-29+. The first-order chi connectivity index (χ1) is 25.6. The zero-order valence-corrected chi connectivity index (χ0v) is 33.9. The number of allylic oxidation sites excluding steroid dienone is 14. The summed E-state index contributed by atoms with van der Waals surface area (Å²) >= 11 is 0. The zero-order valence-electron chi connectivity index (χ0n) is 33.9. The van der Waals surface area contributed by atoms with E-state index in [-0.39, 0.29) is 43.1 Å². The van der Waals surface area contributed by atoms with Crippen LogP contribution in [0.15, 0.2) is 85.1 Å². The van der Waals surface area contributed by atoms with Crippen LogP contribution >= 0.6 is 0 Å². The maximum absolute atomic E-state index is 12.5. The van der Waals surface area contributed by atoms with E-state index in [1.54, 1.807) is 21.1 Å². The third-order valence-electron chi connectivity index (χ3n) is 8.29. The summed E-state index contributed by atoms with van der Waals surface area (Å²) in [5, 5.41) is 11.6. The van der Waals surface area contributed by atoms with Crippen LogP contribution in [0.5, 0.6) is 0 Å². The molecule has 0 aromatic carbocycles. The van der Waals surface area contributed by atoms with E-state index in [4.69, 9.17) is 14.2 Å². The number of hydrogen-bond acceptors (Lipinski definition) is 7. The number of nitrogens with zero attached hydrogens (tertiary/aromatic N) is 1. The number of hydrogen-bond donors (Lipinski definition) is 0. The molecule has 0 aliphatic heterocycles. The Morgan fingerprint density at radius 3 is 1.55 bits per heavy atom. The van der Waals surface area contributed by atoms with Gasteiger partial charge in [0.05, 0.1) is 40.3 Å². The van der Waals surface area contributed by atoms with Crippen LogP contribution < -0.4 is 5.11 Å². The van der Waals surface area contributed by atoms with Gasteiger partial charge in [-0.1, -0.05) is 125 Å². The molecule has 0 saturated heterocycles. The van der Waals surface area contributed by atoms with Crippen molar-refractivity contribution in [3.05, 3.63) is 85.1 Å². The fourth-order valence-corrected chi connectivity index (χ4v) is 5.21. The number of aliphatic carboxylic acids is 1. The highest BCUT2D eigenvalue weighted by molar-refractivity contribution is 5.70. The van der Waals surface area contributed by atoms with Gasteiger partial charge in [-0.15, -0.1) is 0 Å². The first kappa shape index (κ1) is 49.5. The molecule has 0 aliphatic rings. The summed E-state index contributed by atoms with van der Waals surface area (Å²) in [5.41, 5.74) is 0. The molecule has 300 valence electrons. The lowest BCUT2D eigenvalue weighted by Gasteiger charge is -2.34. The number of carbonyl (C=O) groups excluding carboxylic acids is 3. The molecule has 0 aromatic heterocycles. The van der Waals surface area contributed by atoms with Crippen LogP contribution in [-0.2, 0) is 28.6 Å². The minimum Gasteiger partial charge on any atom is -0.544 e. The number of carboxylic acid groups (broad SMARTS) is 1. The number of rotatable bonds is 34. The van der Waals surface area contributed by atoms with E-state index < -0.39 is 24.1 Å². The van der Waals surface area contributed by atoms with Crippen molar-refractivity contribution in [2.45, 2.75) is 142 Å². The van der Waals surface area contributed by atoms with E-state index in [9.17, 15) is 19.5 Å². The predicted molar refractivity (Wildman–Crippen MR) is 217 cm³/mol. The van der Waals surface area contributed by atoms with E-state index in [1.165, 1.54) is 12.8 Å². The highest BCUT2D eigenvalue weighted by atomic mass is 16.6. The van der Waals surface area contributed by atoms with E-state index in [1.807, 2.05) is 12.2 Å². The van der Waals surface area contributed by atoms with Crippen molar-refractivity contribution in [3.8, 4) is 0 Å². The Kier molecular flexibility index (Phi) is 33.2. The van der Waals surface area contributed by atoms with Crippen LogP contribution in [0.4, 0.5) is 0 Å². The summed E-state index contributed by atoms with van der Waals surface area (Å²) in [7, 11) is 5.36. The average Bonchev–Trinajstić information content (AvgIpc) is 3.11. The van der Waals surface area contributed by atoms with Crippen molar-refractivity contribution in [1.29, 1.82) is 0 Å². The van der Waals surface area contributed by atoms with E-state index in [0.717, 1.165) is 77.0 Å². The van der Waals surface area contributed by atoms with Crippen LogP contribution in [0.1, 0.15) is 129 Å². The molecule has 0 aromatic rings. The van der Waals surface area contributed by atoms with Gasteiger partial charge in [0, 0.05) is 19.3 Å². The SMILES string of the molecule is CC/C=C/C/C=C/C/C=C/C/C=C/C/C=C/CCCCCCCCC(=O)OCC(COCCC(C(=O)[O-])[N+](C)(C)C)OC(=O)CC/C=C/C/C=C/CC. The Hall–Kier alpha value is -3.49. The van der Waals surface area contributed by atoms with Crippen molar-refractivity contribution < 1.29 is 38.2 Å². The summed E-state index contributed by atoms with van der Waals surface area (Å²) in [6.45, 7) is 4.28. The van der Waals surface area contributed by atoms with Gasteiger partial charge in [-0.3, -0.25) is 9.59 Å². The monoisotopic (exact) mass is 740 g/mol. The Morgan fingerprint density at radius 1 is 0.566 bits per heavy atom. The van der Waals surface area contributed by atoms with Crippen molar-refractivity contribution in [3.63, 3.8) is 0 Å². The topological polar surface area (TPSA) is 102 Å². The van der Waals surface area contributed by atoms with Gasteiger partial charge in [0.25, 0.3) is 0 Å². The van der Waals surface area contributed by atoms with Gasteiger partial charge >= 0.3 is 11.9 Å². The molecule has 0 aliphatic carbocycles. The molecule has 2 unspecified atom stereocenters. The molecule has 0 saturated carbocycles. The number of esters is 2. The van der Waals surface area contributed by atoms with Crippen LogP contribution in [0.2, 0.25) is 0 Å².